The van der Waals surface area contributed by atoms with Gasteiger partial charge in [0.25, 0.3) is 0 Å². The number of likely N-dealkylation sites (tertiary alicyclic amines) is 1. The third kappa shape index (κ3) is 7.89. The lowest BCUT2D eigenvalue weighted by Crippen LogP contribution is -2.44. The number of piperidine rings is 1. The molecule has 1 aromatic carbocycles. The van der Waals surface area contributed by atoms with Crippen LogP contribution in [0, 0.1) is 0 Å². The monoisotopic (exact) mass is 349 g/mol. The number of hydrogen-bond acceptors (Lipinski definition) is 3. The Kier molecular flexibility index (Phi) is 8.11. The summed E-state index contributed by atoms with van der Waals surface area (Å²) in [5.41, 5.74) is 0.171. The first kappa shape index (κ1) is 22.1. The fourth-order valence-electron chi connectivity index (χ4n) is 2.57. The summed E-state index contributed by atoms with van der Waals surface area (Å²) in [6.45, 7) is 10.5. The topological polar surface area (TPSA) is 43.7 Å². The van der Waals surface area contributed by atoms with Crippen molar-refractivity contribution in [2.75, 3.05) is 19.6 Å². The minimum Gasteiger partial charge on any atom is -0.387 e. The molecule has 1 unspecified atom stereocenters. The highest BCUT2D eigenvalue weighted by molar-refractivity contribution is 6.32. The molecule has 1 aliphatic rings. The van der Waals surface area contributed by atoms with Gasteiger partial charge in [-0.2, -0.15) is 0 Å². The van der Waals surface area contributed by atoms with Crippen molar-refractivity contribution in [1.29, 1.82) is 0 Å². The molecule has 1 saturated heterocycles. The van der Waals surface area contributed by atoms with Gasteiger partial charge >= 0.3 is 0 Å². The zero-order valence-corrected chi connectivity index (χ0v) is 16.3. The normalized spacial score (nSPS) is 18.4. The maximum Gasteiger partial charge on any atom is 0.113 e. The molecular formula is C20H33BFNO2. The maximum absolute atomic E-state index is 12.9. The first-order valence-corrected chi connectivity index (χ1v) is 9.06. The van der Waals surface area contributed by atoms with Gasteiger partial charge in [0.1, 0.15) is 14.0 Å². The third-order valence-electron chi connectivity index (χ3n) is 5.00. The minimum atomic E-state index is -1.01. The first-order chi connectivity index (χ1) is 11.4. The van der Waals surface area contributed by atoms with E-state index in [1.165, 1.54) is 5.56 Å². The van der Waals surface area contributed by atoms with Crippen molar-refractivity contribution in [3.8, 4) is 0 Å². The van der Waals surface area contributed by atoms with E-state index in [0.29, 0.717) is 12.5 Å². The number of hydrogen-bond donors (Lipinski definition) is 2. The van der Waals surface area contributed by atoms with Crippen molar-refractivity contribution in [3.63, 3.8) is 0 Å². The van der Waals surface area contributed by atoms with E-state index in [4.69, 9.17) is 18.1 Å². The fraction of sp³-hybridized carbons (Fsp3) is 0.700. The number of halogens is 1. The molecule has 140 valence electrons. The van der Waals surface area contributed by atoms with Gasteiger partial charge in [-0.25, -0.2) is 4.39 Å². The summed E-state index contributed by atoms with van der Waals surface area (Å²) in [7, 11) is 5.68. The summed E-state index contributed by atoms with van der Waals surface area (Å²) in [6.07, 6.45) is 1.52. The van der Waals surface area contributed by atoms with Gasteiger partial charge in [0.15, 0.2) is 0 Å². The SMILES string of the molecule is CC(C)(O)C(C)(C)O.[B]c1ccc(C2CCN(CC(C)F)CC2)cc1. The smallest absolute Gasteiger partial charge is 0.113 e. The van der Waals surface area contributed by atoms with Crippen molar-refractivity contribution in [3.05, 3.63) is 29.8 Å². The Labute approximate surface area is 153 Å². The molecular weight excluding hydrogens is 316 g/mol. The Hall–Kier alpha value is -0.905. The zero-order valence-electron chi connectivity index (χ0n) is 16.3. The van der Waals surface area contributed by atoms with Gasteiger partial charge in [-0.15, -0.1) is 0 Å². The molecule has 25 heavy (non-hydrogen) atoms. The molecule has 0 bridgehead atoms. The predicted octanol–water partition coefficient (Wildman–Crippen LogP) is 2.55. The van der Waals surface area contributed by atoms with Gasteiger partial charge in [-0.05, 0) is 72.0 Å². The van der Waals surface area contributed by atoms with E-state index in [1.807, 2.05) is 12.1 Å². The van der Waals surface area contributed by atoms with Crippen LogP contribution in [0.25, 0.3) is 0 Å². The zero-order chi connectivity index (χ0) is 19.3. The van der Waals surface area contributed by atoms with Gasteiger partial charge in [0.2, 0.25) is 0 Å². The van der Waals surface area contributed by atoms with Crippen molar-refractivity contribution in [2.45, 2.75) is 70.8 Å². The van der Waals surface area contributed by atoms with Crippen LogP contribution < -0.4 is 5.46 Å². The van der Waals surface area contributed by atoms with Crippen LogP contribution in [0.3, 0.4) is 0 Å². The maximum atomic E-state index is 12.9. The molecule has 2 radical (unpaired) electrons. The highest BCUT2D eigenvalue weighted by atomic mass is 19.1. The van der Waals surface area contributed by atoms with Crippen molar-refractivity contribution < 1.29 is 14.6 Å². The highest BCUT2D eigenvalue weighted by Gasteiger charge is 2.31. The first-order valence-electron chi connectivity index (χ1n) is 9.06. The predicted molar refractivity (Wildman–Crippen MR) is 103 cm³/mol. The van der Waals surface area contributed by atoms with E-state index >= 15 is 0 Å². The summed E-state index contributed by atoms with van der Waals surface area (Å²) in [5.74, 6) is 0.613. The molecule has 0 aromatic heterocycles. The van der Waals surface area contributed by atoms with E-state index in [-0.39, 0.29) is 0 Å². The number of alkyl halides is 1. The molecule has 5 heteroatoms. The van der Waals surface area contributed by atoms with Crippen molar-refractivity contribution in [1.82, 2.24) is 4.90 Å². The molecule has 2 N–H and O–H groups in total. The van der Waals surface area contributed by atoms with Gasteiger partial charge in [0.05, 0.1) is 11.2 Å². The number of nitrogens with zero attached hydrogens (tertiary/aromatic N) is 1. The van der Waals surface area contributed by atoms with Gasteiger partial charge in [-0.1, -0.05) is 29.7 Å². The second-order valence-electron chi connectivity index (χ2n) is 8.14. The molecule has 0 amide bonds. The number of rotatable bonds is 4. The fourth-order valence-corrected chi connectivity index (χ4v) is 2.57. The van der Waals surface area contributed by atoms with Crippen molar-refractivity contribution in [2.24, 2.45) is 0 Å². The van der Waals surface area contributed by atoms with Crippen LogP contribution in [-0.4, -0.2) is 60.0 Å². The molecule has 1 atom stereocenters. The largest absolute Gasteiger partial charge is 0.387 e. The number of aliphatic hydroxyl groups is 2. The van der Waals surface area contributed by atoms with E-state index in [0.717, 1.165) is 31.4 Å². The average molecular weight is 349 g/mol. The standard InChI is InChI=1S/C14H19BFN.C6H14O2/c1-11(16)10-17-8-6-13(7-9-17)12-2-4-14(15)5-3-12;1-5(2,7)6(3,4)8/h2-5,11,13H,6-10H2,1H3;7-8H,1-4H3. The van der Waals surface area contributed by atoms with E-state index in [1.54, 1.807) is 34.6 Å². The Balaban J connectivity index is 0.000000333. The van der Waals surface area contributed by atoms with Crippen LogP contribution in [-0.2, 0) is 0 Å². The lowest BCUT2D eigenvalue weighted by atomic mass is 9.86. The molecule has 3 nitrogen and oxygen atoms in total. The lowest BCUT2D eigenvalue weighted by Gasteiger charge is -2.32. The van der Waals surface area contributed by atoms with Crippen LogP contribution in [0.5, 0.6) is 0 Å². The lowest BCUT2D eigenvalue weighted by molar-refractivity contribution is -0.107. The van der Waals surface area contributed by atoms with Gasteiger partial charge in [0, 0.05) is 6.54 Å². The summed E-state index contributed by atoms with van der Waals surface area (Å²) in [6, 6.07) is 8.16. The molecule has 1 heterocycles. The third-order valence-corrected chi connectivity index (χ3v) is 5.00. The molecule has 0 aliphatic carbocycles. The van der Waals surface area contributed by atoms with Crippen LogP contribution in [0.2, 0.25) is 0 Å². The van der Waals surface area contributed by atoms with Crippen LogP contribution >= 0.6 is 0 Å². The van der Waals surface area contributed by atoms with Crippen LogP contribution in [0.4, 0.5) is 4.39 Å². The van der Waals surface area contributed by atoms with Gasteiger partial charge < -0.3 is 15.1 Å². The Bertz CT molecular complexity index is 486. The summed E-state index contributed by atoms with van der Waals surface area (Å²) >= 11 is 0. The second-order valence-corrected chi connectivity index (χ2v) is 8.14. The Morgan fingerprint density at radius 3 is 1.88 bits per heavy atom. The molecule has 0 spiro atoms. The summed E-state index contributed by atoms with van der Waals surface area (Å²) < 4.78 is 12.9. The molecule has 2 rings (SSSR count). The van der Waals surface area contributed by atoms with Crippen LogP contribution in [0.1, 0.15) is 58.9 Å². The highest BCUT2D eigenvalue weighted by Crippen LogP contribution is 2.27. The molecule has 1 fully saturated rings. The second kappa shape index (κ2) is 9.15. The average Bonchev–Trinajstić information content (AvgIpc) is 2.47. The van der Waals surface area contributed by atoms with E-state index in [9.17, 15) is 4.39 Å². The van der Waals surface area contributed by atoms with Crippen molar-refractivity contribution >= 4 is 13.3 Å². The molecule has 0 saturated carbocycles. The summed E-state index contributed by atoms with van der Waals surface area (Å²) in [5, 5.41) is 18.2. The Morgan fingerprint density at radius 2 is 1.52 bits per heavy atom. The quantitative estimate of drug-likeness (QED) is 0.821. The van der Waals surface area contributed by atoms with Crippen LogP contribution in [0.15, 0.2) is 24.3 Å². The summed E-state index contributed by atoms with van der Waals surface area (Å²) in [4.78, 5) is 2.22. The van der Waals surface area contributed by atoms with E-state index < -0.39 is 17.4 Å². The number of benzene rings is 1. The Morgan fingerprint density at radius 1 is 1.08 bits per heavy atom. The molecule has 1 aromatic rings. The van der Waals surface area contributed by atoms with Gasteiger partial charge in [-0.3, -0.25) is 0 Å². The minimum absolute atomic E-state index is 0.578. The van der Waals surface area contributed by atoms with E-state index in [2.05, 4.69) is 17.0 Å². The molecule has 1 aliphatic heterocycles.